The molecule has 3 nitrogen and oxygen atoms in total. The molecule has 1 aromatic rings. The van der Waals surface area contributed by atoms with E-state index >= 15 is 0 Å². The molecule has 3 heteroatoms. The van der Waals surface area contributed by atoms with Crippen LogP contribution in [0, 0.1) is 13.8 Å². The van der Waals surface area contributed by atoms with Gasteiger partial charge in [-0.3, -0.25) is 4.90 Å². The second-order valence-corrected chi connectivity index (χ2v) is 5.19. The molecule has 0 amide bonds. The summed E-state index contributed by atoms with van der Waals surface area (Å²) in [6, 6.07) is 4.54. The van der Waals surface area contributed by atoms with Gasteiger partial charge in [0.15, 0.2) is 0 Å². The zero-order valence-electron chi connectivity index (χ0n) is 10.7. The smallest absolute Gasteiger partial charge is 0.121 e. The summed E-state index contributed by atoms with van der Waals surface area (Å²) >= 11 is 0. The average Bonchev–Trinajstić information content (AvgIpc) is 2.29. The third kappa shape index (κ3) is 2.99. The molecule has 3 N–H and O–H groups in total. The molecule has 17 heavy (non-hydrogen) atoms. The van der Waals surface area contributed by atoms with Crippen molar-refractivity contribution in [2.45, 2.75) is 39.3 Å². The number of piperidine rings is 1. The molecule has 0 aliphatic carbocycles. The first-order valence-electron chi connectivity index (χ1n) is 6.33. The van der Waals surface area contributed by atoms with E-state index in [-0.39, 0.29) is 0 Å². The lowest BCUT2D eigenvalue weighted by Gasteiger charge is -2.30. The molecule has 1 aromatic carbocycles. The zero-order valence-corrected chi connectivity index (χ0v) is 10.7. The summed E-state index contributed by atoms with van der Waals surface area (Å²) in [5.41, 5.74) is 9.12. The van der Waals surface area contributed by atoms with E-state index in [4.69, 9.17) is 5.73 Å². The summed E-state index contributed by atoms with van der Waals surface area (Å²) in [6.07, 6.45) is 2.19. The molecule has 0 saturated carbocycles. The monoisotopic (exact) mass is 234 g/mol. The minimum Gasteiger partial charge on any atom is -0.507 e. The lowest BCUT2D eigenvalue weighted by Crippen LogP contribution is -2.39. The van der Waals surface area contributed by atoms with Gasteiger partial charge in [-0.2, -0.15) is 0 Å². The number of rotatable bonds is 2. The van der Waals surface area contributed by atoms with Gasteiger partial charge in [-0.25, -0.2) is 0 Å². The number of aromatic hydroxyl groups is 1. The predicted molar refractivity (Wildman–Crippen MR) is 70.1 cm³/mol. The van der Waals surface area contributed by atoms with E-state index in [1.165, 1.54) is 5.56 Å². The molecule has 0 aromatic heterocycles. The fourth-order valence-electron chi connectivity index (χ4n) is 2.51. The molecule has 1 fully saturated rings. The van der Waals surface area contributed by atoms with Crippen LogP contribution in [0.25, 0.3) is 0 Å². The second-order valence-electron chi connectivity index (χ2n) is 5.19. The van der Waals surface area contributed by atoms with Gasteiger partial charge in [0.05, 0.1) is 0 Å². The van der Waals surface area contributed by atoms with Gasteiger partial charge in [0.1, 0.15) is 5.75 Å². The van der Waals surface area contributed by atoms with E-state index < -0.39 is 0 Å². The van der Waals surface area contributed by atoms with Crippen molar-refractivity contribution in [1.82, 2.24) is 4.90 Å². The van der Waals surface area contributed by atoms with Crippen LogP contribution in [-0.2, 0) is 6.54 Å². The van der Waals surface area contributed by atoms with Crippen molar-refractivity contribution in [2.75, 3.05) is 13.1 Å². The Balaban J connectivity index is 2.04. The Morgan fingerprint density at radius 3 is 2.29 bits per heavy atom. The van der Waals surface area contributed by atoms with Gasteiger partial charge >= 0.3 is 0 Å². The minimum absolute atomic E-state index is 0.384. The fourth-order valence-corrected chi connectivity index (χ4v) is 2.51. The Labute approximate surface area is 103 Å². The molecule has 0 atom stereocenters. The van der Waals surface area contributed by atoms with Gasteiger partial charge in [0.25, 0.3) is 0 Å². The quantitative estimate of drug-likeness (QED) is 0.822. The normalized spacial score (nSPS) is 18.5. The van der Waals surface area contributed by atoms with Gasteiger partial charge in [0, 0.05) is 12.6 Å². The molecule has 0 bridgehead atoms. The first kappa shape index (κ1) is 12.4. The molecule has 0 unspecified atom stereocenters. The first-order chi connectivity index (χ1) is 8.06. The molecule has 1 saturated heterocycles. The molecular formula is C14H22N2O. The number of nitrogens with two attached hydrogens (primary N) is 1. The van der Waals surface area contributed by atoms with E-state index in [1.807, 2.05) is 13.8 Å². The summed E-state index contributed by atoms with van der Waals surface area (Å²) in [7, 11) is 0. The van der Waals surface area contributed by atoms with Crippen molar-refractivity contribution in [3.8, 4) is 5.75 Å². The zero-order chi connectivity index (χ0) is 12.4. The highest BCUT2D eigenvalue weighted by atomic mass is 16.3. The van der Waals surface area contributed by atoms with Crippen molar-refractivity contribution < 1.29 is 5.11 Å². The van der Waals surface area contributed by atoms with Crippen molar-refractivity contribution in [1.29, 1.82) is 0 Å². The number of phenolic OH excluding ortho intramolecular Hbond substituents is 1. The topological polar surface area (TPSA) is 49.5 Å². The number of benzene rings is 1. The summed E-state index contributed by atoms with van der Waals surface area (Å²) in [5.74, 6) is 0.425. The van der Waals surface area contributed by atoms with Crippen LogP contribution < -0.4 is 5.73 Å². The van der Waals surface area contributed by atoms with Gasteiger partial charge in [-0.05, 0) is 56.5 Å². The number of phenols is 1. The van der Waals surface area contributed by atoms with E-state index in [1.54, 1.807) is 0 Å². The average molecular weight is 234 g/mol. The second kappa shape index (κ2) is 5.07. The van der Waals surface area contributed by atoms with Crippen LogP contribution >= 0.6 is 0 Å². The largest absolute Gasteiger partial charge is 0.507 e. The number of likely N-dealkylation sites (tertiary alicyclic amines) is 1. The molecule has 2 rings (SSSR count). The van der Waals surface area contributed by atoms with Gasteiger partial charge in [-0.1, -0.05) is 12.1 Å². The summed E-state index contributed by atoms with van der Waals surface area (Å²) in [5, 5.41) is 9.74. The number of aryl methyl sites for hydroxylation is 2. The predicted octanol–water partition coefficient (Wildman–Crippen LogP) is 1.93. The number of nitrogens with zero attached hydrogens (tertiary/aromatic N) is 1. The molecule has 1 heterocycles. The van der Waals surface area contributed by atoms with E-state index in [0.717, 1.165) is 43.6 Å². The van der Waals surface area contributed by atoms with Crippen LogP contribution in [0.2, 0.25) is 0 Å². The molecule has 1 aliphatic rings. The number of hydrogen-bond acceptors (Lipinski definition) is 3. The Bertz CT molecular complexity index is 372. The Kier molecular flexibility index (Phi) is 3.69. The highest BCUT2D eigenvalue weighted by Gasteiger charge is 2.16. The minimum atomic E-state index is 0.384. The molecule has 0 spiro atoms. The summed E-state index contributed by atoms with van der Waals surface area (Å²) in [4.78, 5) is 2.44. The summed E-state index contributed by atoms with van der Waals surface area (Å²) < 4.78 is 0. The highest BCUT2D eigenvalue weighted by molar-refractivity contribution is 5.42. The van der Waals surface area contributed by atoms with Crippen LogP contribution in [0.5, 0.6) is 5.75 Å². The maximum absolute atomic E-state index is 9.74. The van der Waals surface area contributed by atoms with E-state index in [2.05, 4.69) is 17.0 Å². The Morgan fingerprint density at radius 2 is 1.76 bits per heavy atom. The van der Waals surface area contributed by atoms with Gasteiger partial charge < -0.3 is 10.8 Å². The van der Waals surface area contributed by atoms with Crippen molar-refractivity contribution in [3.63, 3.8) is 0 Å². The van der Waals surface area contributed by atoms with Gasteiger partial charge in [-0.15, -0.1) is 0 Å². The van der Waals surface area contributed by atoms with Crippen LogP contribution in [0.15, 0.2) is 12.1 Å². The third-order valence-corrected chi connectivity index (χ3v) is 3.59. The third-order valence-electron chi connectivity index (χ3n) is 3.59. The highest BCUT2D eigenvalue weighted by Crippen LogP contribution is 2.24. The van der Waals surface area contributed by atoms with Crippen molar-refractivity contribution in [2.24, 2.45) is 5.73 Å². The van der Waals surface area contributed by atoms with Gasteiger partial charge in [0.2, 0.25) is 0 Å². The van der Waals surface area contributed by atoms with Crippen LogP contribution in [-0.4, -0.2) is 29.1 Å². The number of hydrogen-bond donors (Lipinski definition) is 2. The van der Waals surface area contributed by atoms with Crippen LogP contribution in [0.3, 0.4) is 0 Å². The Morgan fingerprint density at radius 1 is 1.24 bits per heavy atom. The lowest BCUT2D eigenvalue weighted by atomic mass is 10.0. The fraction of sp³-hybridized carbons (Fsp3) is 0.571. The summed E-state index contributed by atoms with van der Waals surface area (Å²) in [6.45, 7) is 7.05. The molecular weight excluding hydrogens is 212 g/mol. The molecule has 0 radical (unpaired) electrons. The molecule has 94 valence electrons. The van der Waals surface area contributed by atoms with E-state index in [0.29, 0.717) is 11.8 Å². The van der Waals surface area contributed by atoms with Crippen LogP contribution in [0.1, 0.15) is 29.5 Å². The standard InChI is InChI=1S/C14H22N2O/c1-10-7-12(8-11(2)14(10)17)9-16-5-3-13(15)4-6-16/h7-8,13,17H,3-6,9,15H2,1-2H3. The molecule has 1 aliphatic heterocycles. The Hall–Kier alpha value is -1.06. The van der Waals surface area contributed by atoms with E-state index in [9.17, 15) is 5.11 Å². The lowest BCUT2D eigenvalue weighted by molar-refractivity contribution is 0.205. The van der Waals surface area contributed by atoms with Crippen LogP contribution in [0.4, 0.5) is 0 Å². The first-order valence-corrected chi connectivity index (χ1v) is 6.33. The maximum atomic E-state index is 9.74. The SMILES string of the molecule is Cc1cc(CN2CCC(N)CC2)cc(C)c1O. The van der Waals surface area contributed by atoms with Crippen molar-refractivity contribution >= 4 is 0 Å². The van der Waals surface area contributed by atoms with Crippen molar-refractivity contribution in [3.05, 3.63) is 28.8 Å². The maximum Gasteiger partial charge on any atom is 0.121 e.